The number of guanidine groups is 1. The molecule has 1 saturated heterocycles. The van der Waals surface area contributed by atoms with Crippen LogP contribution in [-0.2, 0) is 4.79 Å². The van der Waals surface area contributed by atoms with Gasteiger partial charge in [0.1, 0.15) is 0 Å². The molecule has 1 heterocycles. The molecule has 6 nitrogen and oxygen atoms in total. The highest BCUT2D eigenvalue weighted by Crippen LogP contribution is 2.37. The minimum Gasteiger partial charge on any atom is -0.357 e. The van der Waals surface area contributed by atoms with E-state index in [1.807, 2.05) is 0 Å². The monoisotopic (exact) mass is 509 g/mol. The van der Waals surface area contributed by atoms with E-state index < -0.39 is 0 Å². The maximum Gasteiger partial charge on any atom is 0.223 e. The average molecular weight is 510 g/mol. The van der Waals surface area contributed by atoms with Crippen LogP contribution in [0.4, 0.5) is 0 Å². The van der Waals surface area contributed by atoms with E-state index in [2.05, 4.69) is 39.5 Å². The standard InChI is InChI=1S/C19H35N5OS.HI/c1-2-20-18(22-10-9-21-17(25)16-5-6-16)23-15-19(7-3-4-8-19)24-11-13-26-14-12-24;/h16H,2-15H2,1H3,(H,21,25)(H2,20,22,23);1H. The number of amides is 1. The van der Waals surface area contributed by atoms with Crippen LogP contribution in [0.1, 0.15) is 45.4 Å². The van der Waals surface area contributed by atoms with Crippen LogP contribution in [0.5, 0.6) is 0 Å². The molecular formula is C19H36IN5OS. The molecular weight excluding hydrogens is 473 g/mol. The molecule has 0 spiro atoms. The molecule has 2 saturated carbocycles. The molecule has 1 amide bonds. The summed E-state index contributed by atoms with van der Waals surface area (Å²) >= 11 is 2.07. The Morgan fingerprint density at radius 2 is 1.78 bits per heavy atom. The number of halogens is 1. The van der Waals surface area contributed by atoms with Crippen LogP contribution in [0.25, 0.3) is 0 Å². The number of rotatable bonds is 8. The summed E-state index contributed by atoms with van der Waals surface area (Å²) in [6.45, 7) is 7.62. The quantitative estimate of drug-likeness (QED) is 0.202. The zero-order valence-corrected chi connectivity index (χ0v) is 19.7. The number of nitrogens with zero attached hydrogens (tertiary/aromatic N) is 2. The third kappa shape index (κ3) is 6.96. The molecule has 8 heteroatoms. The normalized spacial score (nSPS) is 22.8. The summed E-state index contributed by atoms with van der Waals surface area (Å²) in [4.78, 5) is 19.3. The molecule has 0 aromatic carbocycles. The fourth-order valence-electron chi connectivity index (χ4n) is 4.07. The first-order chi connectivity index (χ1) is 12.7. The lowest BCUT2D eigenvalue weighted by atomic mass is 9.95. The number of thioether (sulfide) groups is 1. The maximum atomic E-state index is 11.7. The van der Waals surface area contributed by atoms with Crippen molar-refractivity contribution in [3.63, 3.8) is 0 Å². The smallest absolute Gasteiger partial charge is 0.223 e. The summed E-state index contributed by atoms with van der Waals surface area (Å²) < 4.78 is 0. The Morgan fingerprint density at radius 1 is 1.11 bits per heavy atom. The van der Waals surface area contributed by atoms with Gasteiger partial charge in [-0.1, -0.05) is 12.8 Å². The van der Waals surface area contributed by atoms with E-state index in [0.29, 0.717) is 6.54 Å². The molecule has 27 heavy (non-hydrogen) atoms. The van der Waals surface area contributed by atoms with Crippen molar-refractivity contribution in [2.45, 2.75) is 51.0 Å². The molecule has 0 aromatic rings. The van der Waals surface area contributed by atoms with Crippen LogP contribution in [0.15, 0.2) is 4.99 Å². The Labute approximate surface area is 185 Å². The molecule has 156 valence electrons. The fraction of sp³-hybridized carbons (Fsp3) is 0.895. The van der Waals surface area contributed by atoms with Crippen molar-refractivity contribution in [1.29, 1.82) is 0 Å². The second kappa shape index (κ2) is 11.7. The largest absolute Gasteiger partial charge is 0.357 e. The van der Waals surface area contributed by atoms with E-state index in [4.69, 9.17) is 4.99 Å². The van der Waals surface area contributed by atoms with Gasteiger partial charge in [-0.05, 0) is 32.6 Å². The molecule has 3 rings (SSSR count). The molecule has 0 bridgehead atoms. The van der Waals surface area contributed by atoms with Crippen molar-refractivity contribution in [3.8, 4) is 0 Å². The van der Waals surface area contributed by atoms with E-state index in [1.165, 1.54) is 50.3 Å². The number of carbonyl (C=O) groups excluding carboxylic acids is 1. The van der Waals surface area contributed by atoms with Crippen LogP contribution in [0.3, 0.4) is 0 Å². The van der Waals surface area contributed by atoms with Crippen LogP contribution < -0.4 is 16.0 Å². The van der Waals surface area contributed by atoms with Crippen LogP contribution >= 0.6 is 35.7 Å². The topological polar surface area (TPSA) is 68.8 Å². The maximum absolute atomic E-state index is 11.7. The zero-order valence-electron chi connectivity index (χ0n) is 16.6. The summed E-state index contributed by atoms with van der Waals surface area (Å²) in [5, 5.41) is 9.74. The Kier molecular flexibility index (Phi) is 10.00. The van der Waals surface area contributed by atoms with Gasteiger partial charge in [0.25, 0.3) is 0 Å². The van der Waals surface area contributed by atoms with Gasteiger partial charge in [-0.3, -0.25) is 14.7 Å². The van der Waals surface area contributed by atoms with E-state index in [9.17, 15) is 4.79 Å². The fourth-order valence-corrected chi connectivity index (χ4v) is 4.97. The predicted molar refractivity (Wildman–Crippen MR) is 125 cm³/mol. The molecule has 3 fully saturated rings. The van der Waals surface area contributed by atoms with Crippen molar-refractivity contribution in [2.75, 3.05) is 50.8 Å². The van der Waals surface area contributed by atoms with Crippen LogP contribution in [-0.4, -0.2) is 73.1 Å². The van der Waals surface area contributed by atoms with E-state index in [-0.39, 0.29) is 41.3 Å². The molecule has 0 radical (unpaired) electrons. The van der Waals surface area contributed by atoms with Gasteiger partial charge in [-0.2, -0.15) is 11.8 Å². The lowest BCUT2D eigenvalue weighted by Gasteiger charge is -2.42. The second-order valence-corrected chi connectivity index (χ2v) is 8.94. The second-order valence-electron chi connectivity index (χ2n) is 7.72. The van der Waals surface area contributed by atoms with Gasteiger partial charge < -0.3 is 16.0 Å². The lowest BCUT2D eigenvalue weighted by molar-refractivity contribution is -0.122. The third-order valence-electron chi connectivity index (χ3n) is 5.76. The number of nitrogens with one attached hydrogen (secondary N) is 3. The minimum absolute atomic E-state index is 0. The van der Waals surface area contributed by atoms with E-state index in [1.54, 1.807) is 0 Å². The summed E-state index contributed by atoms with van der Waals surface area (Å²) in [5.41, 5.74) is 0.267. The number of carbonyl (C=O) groups is 1. The van der Waals surface area contributed by atoms with Crippen molar-refractivity contribution < 1.29 is 4.79 Å². The lowest BCUT2D eigenvalue weighted by Crippen LogP contribution is -2.53. The molecule has 0 unspecified atom stereocenters. The van der Waals surface area contributed by atoms with Gasteiger partial charge in [-0.15, -0.1) is 24.0 Å². The zero-order chi connectivity index (χ0) is 18.2. The Balaban J connectivity index is 0.00000261. The van der Waals surface area contributed by atoms with Gasteiger partial charge in [0, 0.05) is 55.7 Å². The minimum atomic E-state index is 0. The van der Waals surface area contributed by atoms with Crippen LogP contribution in [0.2, 0.25) is 0 Å². The summed E-state index contributed by atoms with van der Waals surface area (Å²) in [5.74, 6) is 3.88. The first-order valence-electron chi connectivity index (χ1n) is 10.4. The van der Waals surface area contributed by atoms with Gasteiger partial charge in [-0.25, -0.2) is 0 Å². The highest BCUT2D eigenvalue weighted by atomic mass is 127. The molecule has 2 aliphatic carbocycles. The van der Waals surface area contributed by atoms with Crippen molar-refractivity contribution >= 4 is 47.6 Å². The number of aliphatic imine (C=N–C) groups is 1. The SMILES string of the molecule is CCNC(=NCC1(N2CCSCC2)CCCC1)NCCNC(=O)C1CC1.I. The van der Waals surface area contributed by atoms with Crippen LogP contribution in [0, 0.1) is 5.92 Å². The summed E-state index contributed by atoms with van der Waals surface area (Å²) in [7, 11) is 0. The highest BCUT2D eigenvalue weighted by Gasteiger charge is 2.39. The first kappa shape index (κ1) is 23.1. The van der Waals surface area contributed by atoms with Crippen molar-refractivity contribution in [3.05, 3.63) is 0 Å². The number of hydrogen-bond donors (Lipinski definition) is 3. The first-order valence-corrected chi connectivity index (χ1v) is 11.5. The van der Waals surface area contributed by atoms with Gasteiger partial charge in [0.2, 0.25) is 5.91 Å². The molecule has 1 aliphatic heterocycles. The predicted octanol–water partition coefficient (Wildman–Crippen LogP) is 2.05. The Morgan fingerprint density at radius 3 is 2.41 bits per heavy atom. The van der Waals surface area contributed by atoms with E-state index in [0.717, 1.165) is 38.4 Å². The van der Waals surface area contributed by atoms with E-state index >= 15 is 0 Å². The summed E-state index contributed by atoms with van der Waals surface area (Å²) in [6, 6.07) is 0. The summed E-state index contributed by atoms with van der Waals surface area (Å²) in [6.07, 6.45) is 7.32. The molecule has 0 aromatic heterocycles. The highest BCUT2D eigenvalue weighted by molar-refractivity contribution is 14.0. The molecule has 3 aliphatic rings. The van der Waals surface area contributed by atoms with Crippen molar-refractivity contribution in [2.24, 2.45) is 10.9 Å². The van der Waals surface area contributed by atoms with Gasteiger partial charge in [0.05, 0.1) is 6.54 Å². The Bertz CT molecular complexity index is 488. The Hall–Kier alpha value is -0.220. The molecule has 3 N–H and O–H groups in total. The number of hydrogen-bond acceptors (Lipinski definition) is 4. The van der Waals surface area contributed by atoms with Gasteiger partial charge >= 0.3 is 0 Å². The van der Waals surface area contributed by atoms with Gasteiger partial charge in [0.15, 0.2) is 5.96 Å². The molecule has 0 atom stereocenters. The van der Waals surface area contributed by atoms with Crippen molar-refractivity contribution in [1.82, 2.24) is 20.9 Å². The third-order valence-corrected chi connectivity index (χ3v) is 6.70. The average Bonchev–Trinajstić information content (AvgIpc) is 3.42.